The Morgan fingerprint density at radius 1 is 1.00 bits per heavy atom. The third-order valence-corrected chi connectivity index (χ3v) is 4.33. The number of rotatable bonds is 8. The number of ether oxygens (including phenoxy) is 1. The zero-order valence-corrected chi connectivity index (χ0v) is 14.6. The quantitative estimate of drug-likeness (QED) is 0.730. The van der Waals surface area contributed by atoms with Crippen LogP contribution >= 0.6 is 23.4 Å². The second kappa shape index (κ2) is 10.0. The molecule has 0 saturated carbocycles. The van der Waals surface area contributed by atoms with Gasteiger partial charge in [-0.15, -0.1) is 11.8 Å². The van der Waals surface area contributed by atoms with Gasteiger partial charge in [0.1, 0.15) is 0 Å². The van der Waals surface area contributed by atoms with Gasteiger partial charge in [-0.3, -0.25) is 9.59 Å². The lowest BCUT2D eigenvalue weighted by Gasteiger charge is -2.07. The van der Waals surface area contributed by atoms with E-state index in [4.69, 9.17) is 16.3 Å². The summed E-state index contributed by atoms with van der Waals surface area (Å²) < 4.78 is 4.96. The molecule has 0 aliphatic carbocycles. The van der Waals surface area contributed by atoms with Gasteiger partial charge in [0.2, 0.25) is 0 Å². The molecule has 2 rings (SSSR count). The van der Waals surface area contributed by atoms with Gasteiger partial charge >= 0.3 is 5.97 Å². The van der Waals surface area contributed by atoms with Crippen molar-refractivity contribution >= 4 is 35.2 Å². The van der Waals surface area contributed by atoms with Crippen molar-refractivity contribution in [2.24, 2.45) is 0 Å². The zero-order valence-electron chi connectivity index (χ0n) is 13.0. The molecule has 24 heavy (non-hydrogen) atoms. The summed E-state index contributed by atoms with van der Waals surface area (Å²) in [5.41, 5.74) is 2.08. The fourth-order valence-electron chi connectivity index (χ4n) is 1.87. The van der Waals surface area contributed by atoms with E-state index in [1.54, 1.807) is 12.1 Å². The molecule has 0 saturated heterocycles. The van der Waals surface area contributed by atoms with Crippen LogP contribution in [0.15, 0.2) is 54.6 Å². The summed E-state index contributed by atoms with van der Waals surface area (Å²) in [5, 5.41) is 3.34. The van der Waals surface area contributed by atoms with E-state index in [1.165, 1.54) is 11.8 Å². The van der Waals surface area contributed by atoms with Gasteiger partial charge in [0, 0.05) is 17.3 Å². The first-order valence-corrected chi connectivity index (χ1v) is 8.95. The van der Waals surface area contributed by atoms with E-state index >= 15 is 0 Å². The summed E-state index contributed by atoms with van der Waals surface area (Å²) in [5.74, 6) is 0.238. The Hall–Kier alpha value is -1.98. The molecular weight excluding hydrogens is 346 g/mol. The molecular formula is C18H18ClNO3S. The Morgan fingerprint density at radius 3 is 2.42 bits per heavy atom. The second-order valence-corrected chi connectivity index (χ2v) is 6.46. The number of benzene rings is 2. The van der Waals surface area contributed by atoms with Crippen LogP contribution in [0.5, 0.6) is 0 Å². The smallest absolute Gasteiger partial charge is 0.316 e. The van der Waals surface area contributed by atoms with Crippen LogP contribution in [0.2, 0.25) is 5.02 Å². The molecule has 0 aromatic heterocycles. The van der Waals surface area contributed by atoms with Crippen LogP contribution in [0.1, 0.15) is 11.1 Å². The van der Waals surface area contributed by atoms with Gasteiger partial charge in [0.05, 0.1) is 5.75 Å². The third-order valence-electron chi connectivity index (χ3n) is 3.10. The van der Waals surface area contributed by atoms with Crippen molar-refractivity contribution in [3.8, 4) is 0 Å². The van der Waals surface area contributed by atoms with E-state index in [1.807, 2.05) is 42.5 Å². The topological polar surface area (TPSA) is 55.4 Å². The molecule has 0 radical (unpaired) electrons. The van der Waals surface area contributed by atoms with E-state index < -0.39 is 5.97 Å². The van der Waals surface area contributed by atoms with E-state index in [0.717, 1.165) is 16.9 Å². The fraction of sp³-hybridized carbons (Fsp3) is 0.222. The molecule has 0 atom stereocenters. The molecule has 6 heteroatoms. The van der Waals surface area contributed by atoms with Gasteiger partial charge in [-0.2, -0.15) is 0 Å². The Balaban J connectivity index is 1.59. The average Bonchev–Trinajstić information content (AvgIpc) is 2.60. The predicted octanol–water partition coefficient (Wildman–Crippen LogP) is 3.43. The summed E-state index contributed by atoms with van der Waals surface area (Å²) in [7, 11) is 0. The molecule has 0 heterocycles. The van der Waals surface area contributed by atoms with E-state index in [0.29, 0.717) is 11.6 Å². The molecule has 0 aliphatic heterocycles. The van der Waals surface area contributed by atoms with Crippen molar-refractivity contribution in [2.75, 3.05) is 12.4 Å². The van der Waals surface area contributed by atoms with Crippen LogP contribution in [0.3, 0.4) is 0 Å². The van der Waals surface area contributed by atoms with Crippen molar-refractivity contribution in [1.29, 1.82) is 0 Å². The highest BCUT2D eigenvalue weighted by Crippen LogP contribution is 2.11. The van der Waals surface area contributed by atoms with Gasteiger partial charge < -0.3 is 10.1 Å². The normalized spacial score (nSPS) is 10.2. The third kappa shape index (κ3) is 7.06. The van der Waals surface area contributed by atoms with Crippen molar-refractivity contribution in [2.45, 2.75) is 12.3 Å². The number of thioether (sulfide) groups is 1. The number of carbonyl (C=O) groups is 2. The van der Waals surface area contributed by atoms with E-state index in [2.05, 4.69) is 5.32 Å². The molecule has 0 aliphatic rings. The van der Waals surface area contributed by atoms with Crippen LogP contribution in [-0.2, 0) is 26.6 Å². The van der Waals surface area contributed by atoms with Gasteiger partial charge in [-0.05, 0) is 23.3 Å². The highest BCUT2D eigenvalue weighted by molar-refractivity contribution is 7.99. The van der Waals surface area contributed by atoms with Crippen LogP contribution in [0, 0.1) is 0 Å². The standard InChI is InChI=1S/C18H18ClNO3S/c19-16-8-6-14(7-9-16)10-20-17(21)11-23-18(22)13-24-12-15-4-2-1-3-5-15/h1-9H,10-13H2,(H,20,21). The SMILES string of the molecule is O=C(COC(=O)CSCc1ccccc1)NCc1ccc(Cl)cc1. The van der Waals surface area contributed by atoms with Gasteiger partial charge in [0.25, 0.3) is 5.91 Å². The highest BCUT2D eigenvalue weighted by atomic mass is 35.5. The number of hydrogen-bond acceptors (Lipinski definition) is 4. The lowest BCUT2D eigenvalue weighted by Crippen LogP contribution is -2.28. The molecule has 4 nitrogen and oxygen atoms in total. The van der Waals surface area contributed by atoms with Gasteiger partial charge in [0.15, 0.2) is 6.61 Å². The maximum atomic E-state index is 11.7. The first-order valence-electron chi connectivity index (χ1n) is 7.42. The minimum absolute atomic E-state index is 0.222. The number of esters is 1. The van der Waals surface area contributed by atoms with Crippen molar-refractivity contribution in [1.82, 2.24) is 5.32 Å². The Morgan fingerprint density at radius 2 is 1.71 bits per heavy atom. The van der Waals surface area contributed by atoms with Crippen LogP contribution in [0.4, 0.5) is 0 Å². The van der Waals surface area contributed by atoms with E-state index in [9.17, 15) is 9.59 Å². The first-order chi connectivity index (χ1) is 11.6. The number of carbonyl (C=O) groups excluding carboxylic acids is 2. The highest BCUT2D eigenvalue weighted by Gasteiger charge is 2.07. The largest absolute Gasteiger partial charge is 0.455 e. The number of halogens is 1. The Labute approximate surface area is 150 Å². The number of nitrogens with one attached hydrogen (secondary N) is 1. The molecule has 0 unspecified atom stereocenters. The van der Waals surface area contributed by atoms with Crippen molar-refractivity contribution < 1.29 is 14.3 Å². The maximum Gasteiger partial charge on any atom is 0.316 e. The van der Waals surface area contributed by atoms with Crippen LogP contribution in [-0.4, -0.2) is 24.2 Å². The Bertz CT molecular complexity index is 662. The summed E-state index contributed by atoms with van der Waals surface area (Å²) >= 11 is 7.25. The predicted molar refractivity (Wildman–Crippen MR) is 96.9 cm³/mol. The zero-order chi connectivity index (χ0) is 17.2. The minimum Gasteiger partial charge on any atom is -0.455 e. The minimum atomic E-state index is -0.391. The Kier molecular flexibility index (Phi) is 7.65. The van der Waals surface area contributed by atoms with Crippen molar-refractivity contribution in [3.63, 3.8) is 0 Å². The summed E-state index contributed by atoms with van der Waals surface area (Å²) in [6, 6.07) is 17.0. The molecule has 0 fully saturated rings. The number of hydrogen-bond donors (Lipinski definition) is 1. The monoisotopic (exact) mass is 363 g/mol. The van der Waals surface area contributed by atoms with Crippen LogP contribution < -0.4 is 5.32 Å². The molecule has 0 bridgehead atoms. The summed E-state index contributed by atoms with van der Waals surface area (Å²) in [6.45, 7) is 0.106. The average molecular weight is 364 g/mol. The maximum absolute atomic E-state index is 11.7. The molecule has 0 spiro atoms. The first kappa shape index (κ1) is 18.4. The number of amides is 1. The molecule has 1 N–H and O–H groups in total. The lowest BCUT2D eigenvalue weighted by atomic mass is 10.2. The van der Waals surface area contributed by atoms with E-state index in [-0.39, 0.29) is 18.3 Å². The molecule has 2 aromatic carbocycles. The molecule has 1 amide bonds. The second-order valence-electron chi connectivity index (χ2n) is 5.04. The molecule has 126 valence electrons. The fourth-order valence-corrected chi connectivity index (χ4v) is 2.77. The van der Waals surface area contributed by atoms with Gasteiger partial charge in [-0.25, -0.2) is 0 Å². The lowest BCUT2D eigenvalue weighted by molar-refractivity contribution is -0.145. The summed E-state index contributed by atoms with van der Waals surface area (Å²) in [4.78, 5) is 23.3. The van der Waals surface area contributed by atoms with Crippen LogP contribution in [0.25, 0.3) is 0 Å². The molecule has 2 aromatic rings. The summed E-state index contributed by atoms with van der Waals surface area (Å²) in [6.07, 6.45) is 0. The van der Waals surface area contributed by atoms with Gasteiger partial charge in [-0.1, -0.05) is 54.1 Å². The van der Waals surface area contributed by atoms with Crippen molar-refractivity contribution in [3.05, 3.63) is 70.7 Å².